The van der Waals surface area contributed by atoms with Gasteiger partial charge in [0.2, 0.25) is 0 Å². The lowest BCUT2D eigenvalue weighted by Crippen LogP contribution is -1.99. The quantitative estimate of drug-likeness (QED) is 0.693. The first-order valence-corrected chi connectivity index (χ1v) is 3.51. The van der Waals surface area contributed by atoms with Gasteiger partial charge in [-0.3, -0.25) is 0 Å². The van der Waals surface area contributed by atoms with Crippen molar-refractivity contribution in [3.05, 3.63) is 35.4 Å². The van der Waals surface area contributed by atoms with Crippen LogP contribution in [-0.4, -0.2) is 22.2 Å². The molecule has 0 aliphatic heterocycles. The number of benzene rings is 1. The Labute approximate surface area is 80.8 Å². The van der Waals surface area contributed by atoms with Crippen molar-refractivity contribution in [1.82, 2.24) is 0 Å². The zero-order chi connectivity index (χ0) is 11.1. The summed E-state index contributed by atoms with van der Waals surface area (Å²) in [5.74, 6) is -2.13. The van der Waals surface area contributed by atoms with Gasteiger partial charge >= 0.3 is 11.9 Å². The number of carboxylic acid groups (broad SMARTS) is 2. The molecule has 4 heteroatoms. The van der Waals surface area contributed by atoms with E-state index in [0.29, 0.717) is 0 Å². The zero-order valence-corrected chi connectivity index (χ0v) is 7.18. The van der Waals surface area contributed by atoms with Gasteiger partial charge in [0.1, 0.15) is 0 Å². The SMILES string of the molecule is C#C.O=C(O)c1ccc(C(=O)O)cc1. The Morgan fingerprint density at radius 2 is 1.07 bits per heavy atom. The summed E-state index contributed by atoms with van der Waals surface area (Å²) in [5, 5.41) is 16.9. The molecule has 2 N–H and O–H groups in total. The molecule has 1 rings (SSSR count). The molecule has 0 bridgehead atoms. The fraction of sp³-hybridized carbons (Fsp3) is 0. The zero-order valence-electron chi connectivity index (χ0n) is 7.18. The molecule has 0 saturated carbocycles. The summed E-state index contributed by atoms with van der Waals surface area (Å²) in [6.07, 6.45) is 8.00. The number of hydrogen-bond donors (Lipinski definition) is 2. The lowest BCUT2D eigenvalue weighted by molar-refractivity contribution is 0.0681. The molecule has 0 amide bonds. The number of hydrogen-bond acceptors (Lipinski definition) is 2. The van der Waals surface area contributed by atoms with E-state index in [1.165, 1.54) is 24.3 Å². The van der Waals surface area contributed by atoms with E-state index in [9.17, 15) is 9.59 Å². The van der Waals surface area contributed by atoms with Crippen LogP contribution < -0.4 is 0 Å². The molecule has 0 aliphatic rings. The van der Waals surface area contributed by atoms with Crippen LogP contribution in [0.3, 0.4) is 0 Å². The van der Waals surface area contributed by atoms with Crippen LogP contribution in [0.15, 0.2) is 24.3 Å². The molecule has 14 heavy (non-hydrogen) atoms. The van der Waals surface area contributed by atoms with Gasteiger partial charge < -0.3 is 10.2 Å². The van der Waals surface area contributed by atoms with Crippen LogP contribution >= 0.6 is 0 Å². The molecule has 0 spiro atoms. The highest BCUT2D eigenvalue weighted by Gasteiger charge is 2.04. The van der Waals surface area contributed by atoms with Crippen LogP contribution in [0.5, 0.6) is 0 Å². The molecule has 1 aromatic rings. The molecule has 0 fully saturated rings. The van der Waals surface area contributed by atoms with Crippen LogP contribution in [0.1, 0.15) is 20.7 Å². The summed E-state index contributed by atoms with van der Waals surface area (Å²) in [4.78, 5) is 20.7. The molecule has 72 valence electrons. The first-order chi connectivity index (χ1) is 6.61. The minimum atomic E-state index is -1.06. The van der Waals surface area contributed by atoms with Crippen LogP contribution in [0, 0.1) is 12.8 Å². The Morgan fingerprint density at radius 1 is 0.857 bits per heavy atom. The number of rotatable bonds is 2. The molecule has 4 nitrogen and oxygen atoms in total. The number of terminal acetylenes is 1. The van der Waals surface area contributed by atoms with E-state index < -0.39 is 11.9 Å². The second-order valence-corrected chi connectivity index (χ2v) is 2.19. The van der Waals surface area contributed by atoms with E-state index >= 15 is 0 Å². The molecule has 0 saturated heterocycles. The summed E-state index contributed by atoms with van der Waals surface area (Å²) in [5.41, 5.74) is 0.167. The highest BCUT2D eigenvalue weighted by atomic mass is 16.4. The Bertz CT molecular complexity index is 315. The number of carbonyl (C=O) groups is 2. The average Bonchev–Trinajstić information content (AvgIpc) is 2.21. The van der Waals surface area contributed by atoms with E-state index in [1.807, 2.05) is 0 Å². The van der Waals surface area contributed by atoms with Gasteiger partial charge in [0.05, 0.1) is 11.1 Å². The summed E-state index contributed by atoms with van der Waals surface area (Å²) in [6.45, 7) is 0. The maximum atomic E-state index is 10.3. The van der Waals surface area contributed by atoms with Gasteiger partial charge in [0, 0.05) is 0 Å². The van der Waals surface area contributed by atoms with Gasteiger partial charge in [0.15, 0.2) is 0 Å². The fourth-order valence-corrected chi connectivity index (χ4v) is 0.755. The topological polar surface area (TPSA) is 74.6 Å². The lowest BCUT2D eigenvalue weighted by Gasteiger charge is -1.94. The predicted molar refractivity (Wildman–Crippen MR) is 50.3 cm³/mol. The highest BCUT2D eigenvalue weighted by molar-refractivity contribution is 5.91. The smallest absolute Gasteiger partial charge is 0.335 e. The van der Waals surface area contributed by atoms with Crippen molar-refractivity contribution in [3.63, 3.8) is 0 Å². The van der Waals surface area contributed by atoms with Gasteiger partial charge in [-0.2, -0.15) is 0 Å². The summed E-state index contributed by atoms with van der Waals surface area (Å²) in [7, 11) is 0. The molecule has 0 radical (unpaired) electrons. The van der Waals surface area contributed by atoms with E-state index in [0.717, 1.165) is 0 Å². The maximum Gasteiger partial charge on any atom is 0.335 e. The van der Waals surface area contributed by atoms with Gasteiger partial charge in [-0.25, -0.2) is 9.59 Å². The van der Waals surface area contributed by atoms with Crippen molar-refractivity contribution in [1.29, 1.82) is 0 Å². The van der Waals surface area contributed by atoms with Crippen molar-refractivity contribution in [2.75, 3.05) is 0 Å². The minimum Gasteiger partial charge on any atom is -0.478 e. The Morgan fingerprint density at radius 3 is 1.21 bits per heavy atom. The van der Waals surface area contributed by atoms with Crippen molar-refractivity contribution in [2.45, 2.75) is 0 Å². The Kier molecular flexibility index (Phi) is 4.50. The standard InChI is InChI=1S/C8H6O4.C2H2/c9-7(10)5-1-2-6(4-3-5)8(11)12;1-2/h1-4H,(H,9,10)(H,11,12);1-2H. The Balaban J connectivity index is 0.000000791. The fourth-order valence-electron chi connectivity index (χ4n) is 0.755. The second kappa shape index (κ2) is 5.38. The summed E-state index contributed by atoms with van der Waals surface area (Å²) in [6, 6.07) is 5.02. The maximum absolute atomic E-state index is 10.3. The first-order valence-electron chi connectivity index (χ1n) is 3.51. The van der Waals surface area contributed by atoms with Crippen LogP contribution in [-0.2, 0) is 0 Å². The molecule has 0 unspecified atom stereocenters. The normalized spacial score (nSPS) is 8.14. The molecule has 0 aliphatic carbocycles. The number of aromatic carboxylic acids is 2. The van der Waals surface area contributed by atoms with E-state index in [-0.39, 0.29) is 11.1 Å². The largest absolute Gasteiger partial charge is 0.478 e. The van der Waals surface area contributed by atoms with Gasteiger partial charge in [-0.15, -0.1) is 12.8 Å². The summed E-state index contributed by atoms with van der Waals surface area (Å²) < 4.78 is 0. The van der Waals surface area contributed by atoms with Crippen LogP contribution in [0.25, 0.3) is 0 Å². The lowest BCUT2D eigenvalue weighted by atomic mass is 10.1. The molecule has 1 aromatic carbocycles. The molecule has 0 atom stereocenters. The van der Waals surface area contributed by atoms with Crippen LogP contribution in [0.2, 0.25) is 0 Å². The second-order valence-electron chi connectivity index (χ2n) is 2.19. The van der Waals surface area contributed by atoms with E-state index in [2.05, 4.69) is 12.8 Å². The van der Waals surface area contributed by atoms with Crippen molar-refractivity contribution >= 4 is 11.9 Å². The molecule has 0 heterocycles. The average molecular weight is 192 g/mol. The van der Waals surface area contributed by atoms with Gasteiger partial charge in [0.25, 0.3) is 0 Å². The van der Waals surface area contributed by atoms with E-state index in [4.69, 9.17) is 10.2 Å². The first kappa shape index (κ1) is 11.7. The highest BCUT2D eigenvalue weighted by Crippen LogP contribution is 2.03. The minimum absolute atomic E-state index is 0.0833. The molecular formula is C10H8O4. The van der Waals surface area contributed by atoms with Crippen molar-refractivity contribution in [3.8, 4) is 12.8 Å². The van der Waals surface area contributed by atoms with Gasteiger partial charge in [-0.05, 0) is 24.3 Å². The predicted octanol–water partition coefficient (Wildman–Crippen LogP) is 1.33. The Hall–Kier alpha value is -2.28. The van der Waals surface area contributed by atoms with Crippen molar-refractivity contribution < 1.29 is 19.8 Å². The van der Waals surface area contributed by atoms with E-state index in [1.54, 1.807) is 0 Å². The molecular weight excluding hydrogens is 184 g/mol. The number of carboxylic acids is 2. The third-order valence-corrected chi connectivity index (χ3v) is 1.38. The van der Waals surface area contributed by atoms with Gasteiger partial charge in [-0.1, -0.05) is 0 Å². The van der Waals surface area contributed by atoms with Crippen molar-refractivity contribution in [2.24, 2.45) is 0 Å². The summed E-state index contributed by atoms with van der Waals surface area (Å²) >= 11 is 0. The third-order valence-electron chi connectivity index (χ3n) is 1.38. The third kappa shape index (κ3) is 2.99. The van der Waals surface area contributed by atoms with Crippen LogP contribution in [0.4, 0.5) is 0 Å². The molecule has 0 aromatic heterocycles. The monoisotopic (exact) mass is 192 g/mol.